The molecule has 7 nitrogen and oxygen atoms in total. The summed E-state index contributed by atoms with van der Waals surface area (Å²) in [7, 11) is 0. The minimum absolute atomic E-state index is 0.0380. The number of aromatic nitrogens is 2. The Morgan fingerprint density at radius 2 is 2.03 bits per heavy atom. The summed E-state index contributed by atoms with van der Waals surface area (Å²) >= 11 is 3.67. The lowest BCUT2D eigenvalue weighted by molar-refractivity contribution is -0.123. The molecule has 1 N–H and O–H groups in total. The summed E-state index contributed by atoms with van der Waals surface area (Å²) in [6, 6.07) is 6.03. The fourth-order valence-electron chi connectivity index (χ4n) is 3.18. The Balaban J connectivity index is 1.31. The van der Waals surface area contributed by atoms with Crippen molar-refractivity contribution in [2.45, 2.75) is 18.9 Å². The molecule has 0 saturated carbocycles. The lowest BCUT2D eigenvalue weighted by Gasteiger charge is -2.13. The highest BCUT2D eigenvalue weighted by Crippen LogP contribution is 2.34. The zero-order valence-electron chi connectivity index (χ0n) is 17.8. The third kappa shape index (κ3) is 5.10. The second-order valence-corrected chi connectivity index (χ2v) is 10.3. The van der Waals surface area contributed by atoms with Crippen LogP contribution < -0.4 is 5.32 Å². The van der Waals surface area contributed by atoms with Gasteiger partial charge in [0.15, 0.2) is 0 Å². The van der Waals surface area contributed by atoms with E-state index in [-0.39, 0.29) is 35.2 Å². The zero-order chi connectivity index (χ0) is 23.5. The van der Waals surface area contributed by atoms with Gasteiger partial charge in [-0.1, -0.05) is 30.0 Å². The van der Waals surface area contributed by atoms with Crippen LogP contribution in [0.25, 0.3) is 16.3 Å². The van der Waals surface area contributed by atoms with Gasteiger partial charge in [0.2, 0.25) is 5.91 Å². The van der Waals surface area contributed by atoms with Crippen molar-refractivity contribution in [1.82, 2.24) is 20.2 Å². The van der Waals surface area contributed by atoms with Crippen LogP contribution >= 0.6 is 34.9 Å². The number of fused-ring (bicyclic) bond motifs is 1. The number of nitrogens with one attached hydrogen (secondary N) is 1. The summed E-state index contributed by atoms with van der Waals surface area (Å²) in [5.74, 6) is -1.05. The molecule has 0 bridgehead atoms. The molecule has 0 aliphatic carbocycles. The highest BCUT2D eigenvalue weighted by molar-refractivity contribution is 8.18. The number of hydrogen-bond donors (Lipinski definition) is 1. The van der Waals surface area contributed by atoms with Gasteiger partial charge in [-0.15, -0.1) is 11.3 Å². The predicted molar refractivity (Wildman–Crippen MR) is 130 cm³/mol. The lowest BCUT2D eigenvalue weighted by Crippen LogP contribution is -2.37. The SMILES string of the molecule is Cc1sc2ncnc(SCC(=O)NCCN3C(=O)SC(=Cc4ccccc4F)C3=O)c2c1C. The molecule has 1 aliphatic heterocycles. The standard InChI is InChI=1S/C22H19FN4O3S3/c1-12-13(2)32-20-18(12)19(25-11-26-20)31-10-17(28)24-7-8-27-21(29)16(33-22(27)30)9-14-5-3-4-6-15(14)23/h3-6,9,11H,7-8,10H2,1-2H3,(H,24,28). The van der Waals surface area contributed by atoms with E-state index in [1.54, 1.807) is 23.5 Å². The number of carbonyl (C=O) groups is 3. The third-order valence-corrected chi connectivity index (χ3v) is 8.01. The number of carbonyl (C=O) groups excluding carboxylic acids is 3. The molecule has 3 heterocycles. The van der Waals surface area contributed by atoms with Crippen LogP contribution in [0.3, 0.4) is 0 Å². The molecule has 33 heavy (non-hydrogen) atoms. The largest absolute Gasteiger partial charge is 0.354 e. The predicted octanol–water partition coefficient (Wildman–Crippen LogP) is 4.39. The maximum absolute atomic E-state index is 13.8. The molecule has 1 fully saturated rings. The lowest BCUT2D eigenvalue weighted by atomic mass is 10.2. The van der Waals surface area contributed by atoms with Crippen molar-refractivity contribution in [3.05, 3.63) is 57.3 Å². The van der Waals surface area contributed by atoms with Crippen molar-refractivity contribution in [2.75, 3.05) is 18.8 Å². The van der Waals surface area contributed by atoms with Gasteiger partial charge >= 0.3 is 0 Å². The maximum Gasteiger partial charge on any atom is 0.293 e. The summed E-state index contributed by atoms with van der Waals surface area (Å²) < 4.78 is 13.8. The molecule has 0 atom stereocenters. The van der Waals surface area contributed by atoms with Crippen LogP contribution in [0.4, 0.5) is 9.18 Å². The number of aryl methyl sites for hydroxylation is 2. The molecular formula is C22H19FN4O3S3. The molecule has 1 aliphatic rings. The van der Waals surface area contributed by atoms with Crippen LogP contribution in [-0.2, 0) is 9.59 Å². The molecule has 11 heteroatoms. The van der Waals surface area contributed by atoms with Gasteiger partial charge in [-0.05, 0) is 43.3 Å². The second-order valence-electron chi connectivity index (χ2n) is 7.14. The van der Waals surface area contributed by atoms with Crippen molar-refractivity contribution in [3.63, 3.8) is 0 Å². The number of nitrogens with zero attached hydrogens (tertiary/aromatic N) is 3. The third-order valence-electron chi connectivity index (χ3n) is 4.99. The van der Waals surface area contributed by atoms with Gasteiger partial charge in [0.1, 0.15) is 22.0 Å². The van der Waals surface area contributed by atoms with Gasteiger partial charge in [-0.2, -0.15) is 0 Å². The number of thioether (sulfide) groups is 2. The molecule has 3 amide bonds. The molecule has 1 saturated heterocycles. The minimum atomic E-state index is -0.497. The Bertz CT molecular complexity index is 1290. The molecular weight excluding hydrogens is 483 g/mol. The van der Waals surface area contributed by atoms with Crippen molar-refractivity contribution in [3.8, 4) is 0 Å². The molecule has 0 radical (unpaired) electrons. The van der Waals surface area contributed by atoms with Gasteiger partial charge < -0.3 is 5.32 Å². The smallest absolute Gasteiger partial charge is 0.293 e. The van der Waals surface area contributed by atoms with E-state index < -0.39 is 17.0 Å². The first-order valence-electron chi connectivity index (χ1n) is 9.95. The Morgan fingerprint density at radius 3 is 2.82 bits per heavy atom. The van der Waals surface area contributed by atoms with Gasteiger partial charge in [-0.3, -0.25) is 19.3 Å². The number of hydrogen-bond acceptors (Lipinski definition) is 8. The Labute approximate surface area is 201 Å². The Morgan fingerprint density at radius 1 is 1.24 bits per heavy atom. The van der Waals surface area contributed by atoms with Gasteiger partial charge in [-0.25, -0.2) is 14.4 Å². The van der Waals surface area contributed by atoms with Gasteiger partial charge in [0.25, 0.3) is 11.1 Å². The van der Waals surface area contributed by atoms with E-state index in [1.807, 2.05) is 13.8 Å². The van der Waals surface area contributed by atoms with Crippen molar-refractivity contribution in [1.29, 1.82) is 0 Å². The highest BCUT2D eigenvalue weighted by Gasteiger charge is 2.34. The number of thiophene rings is 1. The van der Waals surface area contributed by atoms with Crippen LogP contribution in [0, 0.1) is 19.7 Å². The zero-order valence-corrected chi connectivity index (χ0v) is 20.2. The minimum Gasteiger partial charge on any atom is -0.354 e. The van der Waals surface area contributed by atoms with Gasteiger partial charge in [0, 0.05) is 28.9 Å². The molecule has 4 rings (SSSR count). The summed E-state index contributed by atoms with van der Waals surface area (Å²) in [6.07, 6.45) is 2.86. The summed E-state index contributed by atoms with van der Waals surface area (Å²) in [6.45, 7) is 4.20. The second kappa shape index (κ2) is 10.0. The topological polar surface area (TPSA) is 92.3 Å². The molecule has 2 aromatic heterocycles. The number of benzene rings is 1. The van der Waals surface area contributed by atoms with Crippen molar-refractivity contribution in [2.24, 2.45) is 0 Å². The average Bonchev–Trinajstić information content (AvgIpc) is 3.23. The van der Waals surface area contributed by atoms with E-state index in [0.717, 1.165) is 42.3 Å². The fourth-order valence-corrected chi connectivity index (χ4v) is 5.98. The maximum atomic E-state index is 13.8. The average molecular weight is 503 g/mol. The molecule has 170 valence electrons. The van der Waals surface area contributed by atoms with Crippen molar-refractivity contribution >= 4 is 68.2 Å². The van der Waals surface area contributed by atoms with E-state index in [2.05, 4.69) is 15.3 Å². The van der Waals surface area contributed by atoms with Gasteiger partial charge in [0.05, 0.1) is 10.7 Å². The number of rotatable bonds is 7. The summed E-state index contributed by atoms with van der Waals surface area (Å²) in [5, 5.41) is 4.00. The first-order valence-corrected chi connectivity index (χ1v) is 12.6. The van der Waals surface area contributed by atoms with Crippen molar-refractivity contribution < 1.29 is 18.8 Å². The van der Waals surface area contributed by atoms with Crippen LogP contribution in [0.2, 0.25) is 0 Å². The monoisotopic (exact) mass is 502 g/mol. The first kappa shape index (κ1) is 23.4. The Hall–Kier alpha value is -2.76. The normalized spacial score (nSPS) is 15.1. The van der Waals surface area contributed by atoms with E-state index in [9.17, 15) is 18.8 Å². The van der Waals surface area contributed by atoms with E-state index in [0.29, 0.717) is 0 Å². The highest BCUT2D eigenvalue weighted by atomic mass is 32.2. The number of imide groups is 1. The molecule has 3 aromatic rings. The number of amides is 3. The molecule has 0 spiro atoms. The first-order chi connectivity index (χ1) is 15.8. The summed E-state index contributed by atoms with van der Waals surface area (Å²) in [4.78, 5) is 48.9. The molecule has 0 unspecified atom stereocenters. The van der Waals surface area contributed by atoms with E-state index in [4.69, 9.17) is 0 Å². The Kier molecular flexibility index (Phi) is 7.11. The number of halogens is 1. The van der Waals surface area contributed by atoms with E-state index in [1.165, 1.54) is 36.3 Å². The van der Waals surface area contributed by atoms with Crippen LogP contribution in [-0.4, -0.2) is 50.8 Å². The molecule has 1 aromatic carbocycles. The van der Waals surface area contributed by atoms with Crippen LogP contribution in [0.1, 0.15) is 16.0 Å². The van der Waals surface area contributed by atoms with Crippen LogP contribution in [0.15, 0.2) is 40.5 Å². The fraction of sp³-hybridized carbons (Fsp3) is 0.227. The summed E-state index contributed by atoms with van der Waals surface area (Å²) in [5.41, 5.74) is 1.35. The van der Waals surface area contributed by atoms with E-state index >= 15 is 0 Å². The van der Waals surface area contributed by atoms with Crippen LogP contribution in [0.5, 0.6) is 0 Å². The quantitative estimate of drug-likeness (QED) is 0.291.